The first-order chi connectivity index (χ1) is 9.16. The Labute approximate surface area is 114 Å². The quantitative estimate of drug-likeness (QED) is 0.652. The fourth-order valence-electron chi connectivity index (χ4n) is 1.97. The summed E-state index contributed by atoms with van der Waals surface area (Å²) >= 11 is 0. The van der Waals surface area contributed by atoms with Gasteiger partial charge in [0.1, 0.15) is 0 Å². The van der Waals surface area contributed by atoms with Crippen LogP contribution in [-0.4, -0.2) is 12.5 Å². The molecular formula is C16H21N3. The van der Waals surface area contributed by atoms with Crippen molar-refractivity contribution in [2.75, 3.05) is 6.54 Å². The molecule has 0 aliphatic rings. The Bertz CT molecular complexity index is 568. The zero-order chi connectivity index (χ0) is 13.7. The number of benzene rings is 2. The summed E-state index contributed by atoms with van der Waals surface area (Å²) in [4.78, 5) is 4.40. The Morgan fingerprint density at radius 1 is 1.16 bits per heavy atom. The maximum absolute atomic E-state index is 5.85. The van der Waals surface area contributed by atoms with Gasteiger partial charge in [0.15, 0.2) is 5.96 Å². The van der Waals surface area contributed by atoms with Gasteiger partial charge in [-0.2, -0.15) is 0 Å². The van der Waals surface area contributed by atoms with Crippen LogP contribution in [-0.2, 0) is 6.54 Å². The normalized spacial score (nSPS) is 12.1. The van der Waals surface area contributed by atoms with Crippen LogP contribution in [0.25, 0.3) is 10.8 Å². The molecule has 19 heavy (non-hydrogen) atoms. The molecule has 3 nitrogen and oxygen atoms in total. The Morgan fingerprint density at radius 3 is 2.68 bits per heavy atom. The Morgan fingerprint density at radius 2 is 1.89 bits per heavy atom. The highest BCUT2D eigenvalue weighted by Crippen LogP contribution is 2.18. The topological polar surface area (TPSA) is 50.4 Å². The standard InChI is InChI=1S/C16H21N3/c1-12(2)10-18-16(17)19-11-14-8-5-7-13-6-3-4-9-15(13)14/h3-9,12H,10-11H2,1-2H3,(H3,17,18,19). The van der Waals surface area contributed by atoms with Crippen LogP contribution in [0.1, 0.15) is 19.4 Å². The van der Waals surface area contributed by atoms with E-state index in [-0.39, 0.29) is 0 Å². The lowest BCUT2D eigenvalue weighted by molar-refractivity contribution is 0.622. The number of hydrogen-bond acceptors (Lipinski definition) is 1. The predicted molar refractivity (Wildman–Crippen MR) is 82.1 cm³/mol. The van der Waals surface area contributed by atoms with Gasteiger partial charge in [0, 0.05) is 6.54 Å². The van der Waals surface area contributed by atoms with Crippen LogP contribution < -0.4 is 11.1 Å². The summed E-state index contributed by atoms with van der Waals surface area (Å²) in [7, 11) is 0. The summed E-state index contributed by atoms with van der Waals surface area (Å²) in [5.74, 6) is 1.08. The Kier molecular flexibility index (Phi) is 4.39. The molecule has 0 saturated carbocycles. The average Bonchev–Trinajstić information content (AvgIpc) is 2.42. The van der Waals surface area contributed by atoms with Gasteiger partial charge in [-0.3, -0.25) is 0 Å². The first-order valence-corrected chi connectivity index (χ1v) is 6.67. The summed E-state index contributed by atoms with van der Waals surface area (Å²) in [6.45, 7) is 5.75. The summed E-state index contributed by atoms with van der Waals surface area (Å²) in [5, 5.41) is 5.61. The molecule has 0 atom stereocenters. The maximum atomic E-state index is 5.85. The summed E-state index contributed by atoms with van der Waals surface area (Å²) in [6.07, 6.45) is 0. The highest BCUT2D eigenvalue weighted by atomic mass is 15.1. The maximum Gasteiger partial charge on any atom is 0.188 e. The Balaban J connectivity index is 2.11. The fraction of sp³-hybridized carbons (Fsp3) is 0.312. The third-order valence-corrected chi connectivity index (χ3v) is 2.99. The van der Waals surface area contributed by atoms with Crippen LogP contribution in [0.4, 0.5) is 0 Å². The van der Waals surface area contributed by atoms with Crippen LogP contribution in [0.2, 0.25) is 0 Å². The lowest BCUT2D eigenvalue weighted by atomic mass is 10.1. The molecule has 0 saturated heterocycles. The largest absolute Gasteiger partial charge is 0.370 e. The molecule has 2 rings (SSSR count). The average molecular weight is 255 g/mol. The van der Waals surface area contributed by atoms with Crippen molar-refractivity contribution >= 4 is 16.7 Å². The molecule has 2 aromatic carbocycles. The molecule has 0 aliphatic carbocycles. The first kappa shape index (κ1) is 13.4. The number of nitrogens with one attached hydrogen (secondary N) is 1. The van der Waals surface area contributed by atoms with Crippen molar-refractivity contribution in [3.05, 3.63) is 48.0 Å². The third-order valence-electron chi connectivity index (χ3n) is 2.99. The van der Waals surface area contributed by atoms with Gasteiger partial charge in [-0.15, -0.1) is 0 Å². The van der Waals surface area contributed by atoms with Gasteiger partial charge in [-0.05, 0) is 22.3 Å². The molecule has 0 bridgehead atoms. The zero-order valence-corrected chi connectivity index (χ0v) is 11.6. The molecule has 0 fully saturated rings. The van der Waals surface area contributed by atoms with Crippen molar-refractivity contribution < 1.29 is 0 Å². The molecule has 0 spiro atoms. The minimum atomic E-state index is 0.515. The Hall–Kier alpha value is -2.03. The molecule has 0 amide bonds. The van der Waals surface area contributed by atoms with Crippen LogP contribution in [0.5, 0.6) is 0 Å². The van der Waals surface area contributed by atoms with E-state index in [0.717, 1.165) is 6.54 Å². The van der Waals surface area contributed by atoms with E-state index in [1.54, 1.807) is 0 Å². The van der Waals surface area contributed by atoms with E-state index in [1.165, 1.54) is 16.3 Å². The van der Waals surface area contributed by atoms with Gasteiger partial charge in [-0.1, -0.05) is 56.3 Å². The summed E-state index contributed by atoms with van der Waals surface area (Å²) < 4.78 is 0. The molecule has 3 heteroatoms. The molecule has 2 aromatic rings. The monoisotopic (exact) mass is 255 g/mol. The molecule has 0 aliphatic heterocycles. The van der Waals surface area contributed by atoms with Crippen molar-refractivity contribution in [1.29, 1.82) is 0 Å². The molecular weight excluding hydrogens is 234 g/mol. The number of nitrogens with two attached hydrogens (primary N) is 1. The van der Waals surface area contributed by atoms with E-state index in [0.29, 0.717) is 18.4 Å². The van der Waals surface area contributed by atoms with Gasteiger partial charge >= 0.3 is 0 Å². The van der Waals surface area contributed by atoms with Crippen LogP contribution in [0, 0.1) is 5.92 Å². The van der Waals surface area contributed by atoms with Gasteiger partial charge < -0.3 is 11.1 Å². The number of guanidine groups is 1. The second kappa shape index (κ2) is 6.23. The number of fused-ring (bicyclic) bond motifs is 1. The predicted octanol–water partition coefficient (Wildman–Crippen LogP) is 2.90. The van der Waals surface area contributed by atoms with E-state index in [9.17, 15) is 0 Å². The van der Waals surface area contributed by atoms with Crippen molar-refractivity contribution in [1.82, 2.24) is 5.32 Å². The molecule has 0 heterocycles. The van der Waals surface area contributed by atoms with E-state index in [2.05, 4.69) is 60.6 Å². The molecule has 100 valence electrons. The minimum Gasteiger partial charge on any atom is -0.370 e. The highest BCUT2D eigenvalue weighted by molar-refractivity contribution is 5.86. The van der Waals surface area contributed by atoms with Crippen molar-refractivity contribution in [3.63, 3.8) is 0 Å². The number of hydrogen-bond donors (Lipinski definition) is 2. The van der Waals surface area contributed by atoms with E-state index < -0.39 is 0 Å². The number of aliphatic imine (C=N–C) groups is 1. The first-order valence-electron chi connectivity index (χ1n) is 6.67. The second-order valence-corrected chi connectivity index (χ2v) is 5.11. The number of nitrogens with zero attached hydrogens (tertiary/aromatic N) is 1. The third kappa shape index (κ3) is 3.71. The second-order valence-electron chi connectivity index (χ2n) is 5.11. The van der Waals surface area contributed by atoms with E-state index in [4.69, 9.17) is 5.73 Å². The van der Waals surface area contributed by atoms with Crippen LogP contribution in [0.15, 0.2) is 47.5 Å². The zero-order valence-electron chi connectivity index (χ0n) is 11.6. The van der Waals surface area contributed by atoms with Crippen LogP contribution >= 0.6 is 0 Å². The van der Waals surface area contributed by atoms with Gasteiger partial charge in [0.05, 0.1) is 6.54 Å². The van der Waals surface area contributed by atoms with Gasteiger partial charge in [0.2, 0.25) is 0 Å². The molecule has 3 N–H and O–H groups in total. The molecule has 0 unspecified atom stereocenters. The molecule has 0 aromatic heterocycles. The number of rotatable bonds is 4. The van der Waals surface area contributed by atoms with E-state index in [1.807, 2.05) is 6.07 Å². The van der Waals surface area contributed by atoms with Crippen molar-refractivity contribution in [2.45, 2.75) is 20.4 Å². The SMILES string of the molecule is CC(C)CNC(N)=NCc1cccc2ccccc12. The van der Waals surface area contributed by atoms with Gasteiger partial charge in [0.25, 0.3) is 0 Å². The highest BCUT2D eigenvalue weighted by Gasteiger charge is 2.00. The van der Waals surface area contributed by atoms with E-state index >= 15 is 0 Å². The lowest BCUT2D eigenvalue weighted by Gasteiger charge is -2.08. The molecule has 0 radical (unpaired) electrons. The smallest absolute Gasteiger partial charge is 0.188 e. The minimum absolute atomic E-state index is 0.515. The summed E-state index contributed by atoms with van der Waals surface area (Å²) in [6, 6.07) is 14.6. The van der Waals surface area contributed by atoms with Crippen molar-refractivity contribution in [2.24, 2.45) is 16.6 Å². The summed E-state index contributed by atoms with van der Waals surface area (Å²) in [5.41, 5.74) is 7.05. The fourth-order valence-corrected chi connectivity index (χ4v) is 1.97. The van der Waals surface area contributed by atoms with Gasteiger partial charge in [-0.25, -0.2) is 4.99 Å². The van der Waals surface area contributed by atoms with Crippen molar-refractivity contribution in [3.8, 4) is 0 Å². The lowest BCUT2D eigenvalue weighted by Crippen LogP contribution is -2.34. The van der Waals surface area contributed by atoms with Crippen LogP contribution in [0.3, 0.4) is 0 Å².